The maximum Gasteiger partial charge on any atom is 0.305 e. The summed E-state index contributed by atoms with van der Waals surface area (Å²) in [4.78, 5) is 24.6. The van der Waals surface area contributed by atoms with Crippen LogP contribution in [0.5, 0.6) is 0 Å². The minimum Gasteiger partial charge on any atom is -0.466 e. The maximum atomic E-state index is 12.5. The van der Waals surface area contributed by atoms with Crippen LogP contribution in [0.15, 0.2) is 48.6 Å². The fourth-order valence-electron chi connectivity index (χ4n) is 9.88. The van der Waals surface area contributed by atoms with Gasteiger partial charge in [0.25, 0.3) is 0 Å². The Balaban J connectivity index is 3.43. The first kappa shape index (κ1) is 70.8. The van der Waals surface area contributed by atoms with Crippen LogP contribution in [0.3, 0.4) is 0 Å². The Labute approximate surface area is 455 Å². The Hall–Kier alpha value is -2.18. The van der Waals surface area contributed by atoms with E-state index in [-0.39, 0.29) is 18.5 Å². The molecule has 0 rings (SSSR count). The Morgan fingerprint density at radius 3 is 1.07 bits per heavy atom. The summed E-state index contributed by atoms with van der Waals surface area (Å²) in [5.74, 6) is -0.0415. The molecule has 0 saturated heterocycles. The van der Waals surface area contributed by atoms with Gasteiger partial charge < -0.3 is 20.3 Å². The second kappa shape index (κ2) is 62.4. The topological polar surface area (TPSA) is 95.9 Å². The Bertz CT molecular complexity index is 1230. The van der Waals surface area contributed by atoms with Gasteiger partial charge in [-0.2, -0.15) is 0 Å². The van der Waals surface area contributed by atoms with Crippen molar-refractivity contribution >= 4 is 11.9 Å². The van der Waals surface area contributed by atoms with Gasteiger partial charge in [-0.3, -0.25) is 9.59 Å². The number of unbranched alkanes of at least 4 members (excludes halogenated alkanes) is 41. The van der Waals surface area contributed by atoms with Crippen LogP contribution in [0.4, 0.5) is 0 Å². The average Bonchev–Trinajstić information content (AvgIpc) is 3.39. The Morgan fingerprint density at radius 1 is 0.384 bits per heavy atom. The van der Waals surface area contributed by atoms with E-state index < -0.39 is 12.1 Å². The number of hydrogen-bond acceptors (Lipinski definition) is 5. The van der Waals surface area contributed by atoms with Crippen LogP contribution in [0, 0.1) is 0 Å². The first-order valence-corrected chi connectivity index (χ1v) is 32.4. The Morgan fingerprint density at radius 2 is 0.685 bits per heavy atom. The van der Waals surface area contributed by atoms with Gasteiger partial charge in [-0.25, -0.2) is 0 Å². The summed E-state index contributed by atoms with van der Waals surface area (Å²) in [5.41, 5.74) is 0. The van der Waals surface area contributed by atoms with Crippen LogP contribution in [0.1, 0.15) is 341 Å². The lowest BCUT2D eigenvalue weighted by Crippen LogP contribution is -2.45. The monoisotopic (exact) mass is 1020 g/mol. The quantitative estimate of drug-likeness (QED) is 0.0320. The van der Waals surface area contributed by atoms with Crippen LogP contribution in [0.25, 0.3) is 0 Å². The molecule has 0 heterocycles. The molecular formula is C67H125NO5. The van der Waals surface area contributed by atoms with Gasteiger partial charge in [0.15, 0.2) is 0 Å². The standard InChI is InChI=1S/C67H125NO5/c1-3-5-7-9-11-13-15-17-19-20-26-30-33-37-41-45-49-53-57-61-67(72)73-62-58-54-50-46-42-38-34-31-28-25-23-21-22-24-27-29-32-36-40-44-48-52-56-60-66(71)68-64(63-69)65(70)59-55-51-47-43-39-35-18-16-14-12-10-8-6-4-2/h11,13,17,19,21,23-24,27,64-65,69-70H,3-10,12,14-16,18,20,22,25-26,28-63H2,1-2H3,(H,68,71)/b13-11-,19-17-,23-21-,27-24-. The van der Waals surface area contributed by atoms with Crippen molar-refractivity contribution in [3.63, 3.8) is 0 Å². The molecule has 0 saturated carbocycles. The molecule has 0 radical (unpaired) electrons. The predicted octanol–water partition coefficient (Wildman–Crippen LogP) is 20.5. The van der Waals surface area contributed by atoms with Crippen molar-refractivity contribution in [2.24, 2.45) is 0 Å². The lowest BCUT2D eigenvalue weighted by Gasteiger charge is -2.22. The molecule has 428 valence electrons. The maximum absolute atomic E-state index is 12.5. The van der Waals surface area contributed by atoms with E-state index in [9.17, 15) is 19.8 Å². The molecule has 3 N–H and O–H groups in total. The van der Waals surface area contributed by atoms with E-state index in [1.807, 2.05) is 0 Å². The molecule has 0 aliphatic rings. The first-order chi connectivity index (χ1) is 36.0. The van der Waals surface area contributed by atoms with Crippen LogP contribution >= 0.6 is 0 Å². The summed E-state index contributed by atoms with van der Waals surface area (Å²) in [6, 6.07) is -0.550. The molecule has 0 aromatic rings. The van der Waals surface area contributed by atoms with E-state index in [2.05, 4.69) is 67.8 Å². The van der Waals surface area contributed by atoms with Crippen molar-refractivity contribution in [1.82, 2.24) is 5.32 Å². The highest BCUT2D eigenvalue weighted by molar-refractivity contribution is 5.76. The van der Waals surface area contributed by atoms with Gasteiger partial charge in [-0.1, -0.05) is 287 Å². The van der Waals surface area contributed by atoms with Gasteiger partial charge >= 0.3 is 5.97 Å². The number of esters is 1. The van der Waals surface area contributed by atoms with E-state index >= 15 is 0 Å². The third-order valence-electron chi connectivity index (χ3n) is 14.9. The van der Waals surface area contributed by atoms with E-state index in [0.717, 1.165) is 64.2 Å². The molecule has 6 nitrogen and oxygen atoms in total. The first-order valence-electron chi connectivity index (χ1n) is 32.4. The van der Waals surface area contributed by atoms with Gasteiger partial charge in [0.1, 0.15) is 0 Å². The smallest absolute Gasteiger partial charge is 0.305 e. The van der Waals surface area contributed by atoms with Crippen LogP contribution < -0.4 is 5.32 Å². The van der Waals surface area contributed by atoms with Gasteiger partial charge in [-0.15, -0.1) is 0 Å². The van der Waals surface area contributed by atoms with Gasteiger partial charge in [0, 0.05) is 12.8 Å². The number of nitrogens with one attached hydrogen (secondary N) is 1. The van der Waals surface area contributed by atoms with Crippen molar-refractivity contribution in [3.05, 3.63) is 48.6 Å². The number of aliphatic hydroxyl groups is 2. The number of rotatable bonds is 60. The van der Waals surface area contributed by atoms with Gasteiger partial charge in [-0.05, 0) is 89.9 Å². The molecule has 0 aromatic heterocycles. The summed E-state index contributed by atoms with van der Waals surface area (Å²) in [6.07, 6.45) is 79.8. The molecular weight excluding hydrogens is 899 g/mol. The van der Waals surface area contributed by atoms with E-state index in [1.165, 1.54) is 244 Å². The molecule has 0 spiro atoms. The van der Waals surface area contributed by atoms with Crippen molar-refractivity contribution in [3.8, 4) is 0 Å². The molecule has 2 atom stereocenters. The number of amides is 1. The van der Waals surface area contributed by atoms with Crippen molar-refractivity contribution < 1.29 is 24.5 Å². The highest BCUT2D eigenvalue weighted by Gasteiger charge is 2.20. The molecule has 0 aliphatic heterocycles. The number of carbonyl (C=O) groups is 2. The zero-order valence-corrected chi connectivity index (χ0v) is 48.9. The minimum atomic E-state index is -0.671. The fraction of sp³-hybridized carbons (Fsp3) is 0.851. The van der Waals surface area contributed by atoms with E-state index in [4.69, 9.17) is 4.74 Å². The molecule has 0 fully saturated rings. The highest BCUT2D eigenvalue weighted by Crippen LogP contribution is 2.17. The van der Waals surface area contributed by atoms with Crippen LogP contribution in [-0.2, 0) is 14.3 Å². The number of allylic oxidation sites excluding steroid dienone is 8. The van der Waals surface area contributed by atoms with Crippen LogP contribution in [-0.4, -0.2) is 47.4 Å². The SMILES string of the molecule is CCCCC/C=C\C/C=C\CCCCCCCCCCCC(=O)OCCCCCCCCCCC/C=C\C/C=C\CCCCCCCCCC(=O)NC(CO)C(O)CCCCCCCCCCCCCCCC. The summed E-state index contributed by atoms with van der Waals surface area (Å²) in [7, 11) is 0. The molecule has 73 heavy (non-hydrogen) atoms. The largest absolute Gasteiger partial charge is 0.466 e. The number of hydrogen-bond donors (Lipinski definition) is 3. The molecule has 6 heteroatoms. The van der Waals surface area contributed by atoms with Crippen molar-refractivity contribution in [2.45, 2.75) is 353 Å². The van der Waals surface area contributed by atoms with E-state index in [1.54, 1.807) is 0 Å². The third kappa shape index (κ3) is 58.9. The lowest BCUT2D eigenvalue weighted by atomic mass is 10.0. The lowest BCUT2D eigenvalue weighted by molar-refractivity contribution is -0.143. The summed E-state index contributed by atoms with van der Waals surface area (Å²) >= 11 is 0. The average molecular weight is 1020 g/mol. The van der Waals surface area contributed by atoms with Gasteiger partial charge in [0.2, 0.25) is 5.91 Å². The number of ether oxygens (including phenoxy) is 1. The third-order valence-corrected chi connectivity index (χ3v) is 14.9. The second-order valence-electron chi connectivity index (χ2n) is 22.1. The fourth-order valence-corrected chi connectivity index (χ4v) is 9.88. The summed E-state index contributed by atoms with van der Waals surface area (Å²) in [5, 5.41) is 23.3. The zero-order chi connectivity index (χ0) is 52.9. The van der Waals surface area contributed by atoms with Crippen molar-refractivity contribution in [1.29, 1.82) is 0 Å². The second-order valence-corrected chi connectivity index (χ2v) is 22.1. The Kier molecular flexibility index (Phi) is 60.5. The molecule has 2 unspecified atom stereocenters. The van der Waals surface area contributed by atoms with Gasteiger partial charge in [0.05, 0.1) is 25.4 Å². The molecule has 0 bridgehead atoms. The normalized spacial score (nSPS) is 12.9. The number of carbonyl (C=O) groups excluding carboxylic acids is 2. The molecule has 0 aromatic carbocycles. The minimum absolute atomic E-state index is 0.00322. The molecule has 0 aliphatic carbocycles. The zero-order valence-electron chi connectivity index (χ0n) is 48.9. The summed E-state index contributed by atoms with van der Waals surface area (Å²) in [6.45, 7) is 4.93. The van der Waals surface area contributed by atoms with E-state index in [0.29, 0.717) is 25.9 Å². The molecule has 1 amide bonds. The number of aliphatic hydroxyl groups excluding tert-OH is 2. The van der Waals surface area contributed by atoms with Crippen LogP contribution in [0.2, 0.25) is 0 Å². The highest BCUT2D eigenvalue weighted by atomic mass is 16.5. The summed E-state index contributed by atoms with van der Waals surface area (Å²) < 4.78 is 5.49. The van der Waals surface area contributed by atoms with Crippen molar-refractivity contribution in [2.75, 3.05) is 13.2 Å². The predicted molar refractivity (Wildman–Crippen MR) is 319 cm³/mol.